The predicted octanol–water partition coefficient (Wildman–Crippen LogP) is 3.35. The molecule has 0 unspecified atom stereocenters. The fraction of sp³-hybridized carbons (Fsp3) is 0.318. The summed E-state index contributed by atoms with van der Waals surface area (Å²) in [5.41, 5.74) is 4.49. The second-order valence-electron chi connectivity index (χ2n) is 7.89. The second kappa shape index (κ2) is 6.84. The molecule has 158 valence electrons. The molecule has 1 fully saturated rings. The molecule has 31 heavy (non-hydrogen) atoms. The number of pyridine rings is 1. The Bertz CT molecular complexity index is 1210. The van der Waals surface area contributed by atoms with Crippen molar-refractivity contribution in [3.8, 4) is 11.3 Å². The van der Waals surface area contributed by atoms with Crippen LogP contribution in [-0.4, -0.2) is 53.9 Å². The number of morpholine rings is 1. The molecule has 1 N–H and O–H groups in total. The van der Waals surface area contributed by atoms with Gasteiger partial charge in [-0.3, -0.25) is 5.10 Å². The number of aliphatic imine (C=N–C) groups is 1. The number of hydrogen-bond acceptors (Lipinski definition) is 6. The van der Waals surface area contributed by atoms with Crippen molar-refractivity contribution in [1.82, 2.24) is 15.2 Å². The largest absolute Gasteiger partial charge is 0.378 e. The van der Waals surface area contributed by atoms with E-state index in [0.29, 0.717) is 37.6 Å². The molecule has 3 aliphatic heterocycles. The van der Waals surface area contributed by atoms with Gasteiger partial charge in [-0.25, -0.2) is 18.8 Å². The topological polar surface area (TPSA) is 69.6 Å². The molecule has 3 aromatic rings. The Morgan fingerprint density at radius 3 is 2.65 bits per heavy atom. The van der Waals surface area contributed by atoms with E-state index in [4.69, 9.17) is 14.7 Å². The lowest BCUT2D eigenvalue weighted by molar-refractivity contribution is 0.122. The number of aryl methyl sites for hydroxylation is 1. The van der Waals surface area contributed by atoms with Crippen LogP contribution in [0.25, 0.3) is 11.3 Å². The van der Waals surface area contributed by atoms with Crippen LogP contribution in [0.2, 0.25) is 0 Å². The third-order valence-electron chi connectivity index (χ3n) is 6.07. The Morgan fingerprint density at radius 1 is 1.10 bits per heavy atom. The minimum atomic E-state index is -0.642. The van der Waals surface area contributed by atoms with E-state index in [1.165, 1.54) is 18.2 Å². The molecular weight excluding hydrogens is 402 g/mol. The zero-order valence-electron chi connectivity index (χ0n) is 17.0. The van der Waals surface area contributed by atoms with Crippen molar-refractivity contribution in [1.29, 1.82) is 0 Å². The molecule has 0 radical (unpaired) electrons. The van der Waals surface area contributed by atoms with Crippen molar-refractivity contribution in [3.63, 3.8) is 0 Å². The van der Waals surface area contributed by atoms with Crippen LogP contribution in [0, 0.1) is 18.6 Å². The zero-order valence-corrected chi connectivity index (χ0v) is 17.0. The van der Waals surface area contributed by atoms with Gasteiger partial charge in [-0.1, -0.05) is 6.07 Å². The highest BCUT2D eigenvalue weighted by atomic mass is 19.1. The van der Waals surface area contributed by atoms with Gasteiger partial charge in [-0.15, -0.1) is 0 Å². The molecule has 1 saturated heterocycles. The van der Waals surface area contributed by atoms with E-state index in [-0.39, 0.29) is 11.4 Å². The number of amidine groups is 1. The number of benzene rings is 1. The van der Waals surface area contributed by atoms with Gasteiger partial charge in [0.15, 0.2) is 0 Å². The summed E-state index contributed by atoms with van der Waals surface area (Å²) in [5.74, 6) is -0.162. The van der Waals surface area contributed by atoms with Crippen LogP contribution in [0.4, 0.5) is 26.0 Å². The number of ether oxygens (including phenoxy) is 1. The first kappa shape index (κ1) is 18.4. The Hall–Kier alpha value is -3.33. The van der Waals surface area contributed by atoms with E-state index < -0.39 is 11.6 Å². The summed E-state index contributed by atoms with van der Waals surface area (Å²) < 4.78 is 35.0. The molecule has 0 aliphatic carbocycles. The lowest BCUT2D eigenvalue weighted by Crippen LogP contribution is -2.37. The second-order valence-corrected chi connectivity index (χ2v) is 7.89. The van der Waals surface area contributed by atoms with Crippen molar-refractivity contribution in [3.05, 3.63) is 52.9 Å². The molecule has 1 aromatic carbocycles. The maximum Gasteiger partial charge on any atom is 0.147 e. The summed E-state index contributed by atoms with van der Waals surface area (Å²) in [4.78, 5) is 13.7. The fourth-order valence-corrected chi connectivity index (χ4v) is 4.56. The number of H-pyrrole nitrogens is 1. The first-order valence-electron chi connectivity index (χ1n) is 10.3. The molecule has 0 saturated carbocycles. The molecule has 0 atom stereocenters. The quantitative estimate of drug-likeness (QED) is 0.686. The van der Waals surface area contributed by atoms with Crippen molar-refractivity contribution in [2.75, 3.05) is 42.6 Å². The highest BCUT2D eigenvalue weighted by Gasteiger charge is 2.36. The summed E-state index contributed by atoms with van der Waals surface area (Å²) >= 11 is 0. The number of nitrogens with one attached hydrogen (secondary N) is 1. The molecule has 5 heterocycles. The van der Waals surface area contributed by atoms with Gasteiger partial charge >= 0.3 is 0 Å². The molecule has 9 heteroatoms. The third-order valence-corrected chi connectivity index (χ3v) is 6.07. The maximum atomic E-state index is 14.8. The molecule has 0 bridgehead atoms. The SMILES string of the molecule is Cc1n[nH]c2c1N=C(c1c(F)cccc1F)N1CCc3nc(N4CCOCC4)cc-2c31. The van der Waals surface area contributed by atoms with Gasteiger partial charge in [0, 0.05) is 31.6 Å². The van der Waals surface area contributed by atoms with Crippen molar-refractivity contribution < 1.29 is 13.5 Å². The molecule has 6 rings (SSSR count). The van der Waals surface area contributed by atoms with Crippen molar-refractivity contribution in [2.24, 2.45) is 4.99 Å². The van der Waals surface area contributed by atoms with E-state index in [9.17, 15) is 8.78 Å². The number of aromatic nitrogens is 3. The summed E-state index contributed by atoms with van der Waals surface area (Å²) in [5, 5.41) is 7.42. The molecule has 7 nitrogen and oxygen atoms in total. The standard InChI is InChI=1S/C22H20F2N6O/c1-12-19-20(28-27-12)13-11-17(29-7-9-31-10-8-29)25-16-5-6-30(21(13)16)22(26-19)18-14(23)3-2-4-15(18)24/h2-4,11H,5-10H2,1H3,(H,27,28). The van der Waals surface area contributed by atoms with Crippen molar-refractivity contribution in [2.45, 2.75) is 13.3 Å². The van der Waals surface area contributed by atoms with Gasteiger partial charge in [-0.2, -0.15) is 5.10 Å². The minimum absolute atomic E-state index is 0.132. The van der Waals surface area contributed by atoms with Crippen LogP contribution in [0.1, 0.15) is 17.0 Å². The highest BCUT2D eigenvalue weighted by Crippen LogP contribution is 2.46. The lowest BCUT2D eigenvalue weighted by atomic mass is 10.1. The molecule has 0 amide bonds. The number of rotatable bonds is 2. The number of halogens is 2. The van der Waals surface area contributed by atoms with Gasteiger partial charge in [0.2, 0.25) is 0 Å². The number of nitrogens with zero attached hydrogens (tertiary/aromatic N) is 5. The Labute approximate surface area is 177 Å². The van der Waals surface area contributed by atoms with Gasteiger partial charge in [0.1, 0.15) is 29.0 Å². The van der Waals surface area contributed by atoms with Crippen molar-refractivity contribution >= 4 is 23.0 Å². The smallest absolute Gasteiger partial charge is 0.147 e. The molecule has 2 aromatic heterocycles. The van der Waals surface area contributed by atoms with E-state index in [2.05, 4.69) is 15.1 Å². The number of hydrogen-bond donors (Lipinski definition) is 1. The zero-order chi connectivity index (χ0) is 21.1. The van der Waals surface area contributed by atoms with Crippen LogP contribution >= 0.6 is 0 Å². The van der Waals surface area contributed by atoms with E-state index in [1.807, 2.05) is 17.9 Å². The number of anilines is 2. The van der Waals surface area contributed by atoms with Gasteiger partial charge in [0.25, 0.3) is 0 Å². The Morgan fingerprint density at radius 2 is 1.87 bits per heavy atom. The summed E-state index contributed by atoms with van der Waals surface area (Å²) in [6.45, 7) is 5.24. The summed E-state index contributed by atoms with van der Waals surface area (Å²) in [6, 6.07) is 5.90. The minimum Gasteiger partial charge on any atom is -0.378 e. The predicted molar refractivity (Wildman–Crippen MR) is 113 cm³/mol. The highest BCUT2D eigenvalue weighted by molar-refractivity contribution is 6.16. The maximum absolute atomic E-state index is 14.8. The summed E-state index contributed by atoms with van der Waals surface area (Å²) in [7, 11) is 0. The molecular formula is C22H20F2N6O. The van der Waals surface area contributed by atoms with Crippen LogP contribution in [-0.2, 0) is 11.2 Å². The monoisotopic (exact) mass is 422 g/mol. The first-order valence-corrected chi connectivity index (χ1v) is 10.3. The van der Waals surface area contributed by atoms with Gasteiger partial charge < -0.3 is 14.5 Å². The Kier molecular flexibility index (Phi) is 4.07. The molecule has 3 aliphatic rings. The normalized spacial score (nSPS) is 17.3. The average molecular weight is 422 g/mol. The van der Waals surface area contributed by atoms with Crippen LogP contribution in [0.5, 0.6) is 0 Å². The average Bonchev–Trinajstić information content (AvgIpc) is 3.32. The van der Waals surface area contributed by atoms with Crippen LogP contribution < -0.4 is 9.80 Å². The fourth-order valence-electron chi connectivity index (χ4n) is 4.56. The van der Waals surface area contributed by atoms with Crippen LogP contribution in [0.15, 0.2) is 29.3 Å². The van der Waals surface area contributed by atoms with Gasteiger partial charge in [0.05, 0.1) is 41.5 Å². The van der Waals surface area contributed by atoms with E-state index in [1.54, 1.807) is 0 Å². The van der Waals surface area contributed by atoms with E-state index in [0.717, 1.165) is 41.5 Å². The third kappa shape index (κ3) is 2.76. The Balaban J connectivity index is 1.59. The number of aromatic amines is 1. The first-order chi connectivity index (χ1) is 15.1. The van der Waals surface area contributed by atoms with Gasteiger partial charge in [-0.05, 0) is 25.1 Å². The van der Waals surface area contributed by atoms with E-state index >= 15 is 0 Å². The summed E-state index contributed by atoms with van der Waals surface area (Å²) in [6.07, 6.45) is 0.665. The van der Waals surface area contributed by atoms with Crippen LogP contribution in [0.3, 0.4) is 0 Å². The lowest BCUT2D eigenvalue weighted by Gasteiger charge is -2.29. The number of fused-ring (bicyclic) bond motifs is 2. The molecule has 0 spiro atoms.